The van der Waals surface area contributed by atoms with E-state index in [1.54, 1.807) is 20.8 Å². The van der Waals surface area contributed by atoms with Crippen LogP contribution in [0.4, 0.5) is 5.13 Å². The van der Waals surface area contributed by atoms with Gasteiger partial charge in [-0.25, -0.2) is 18.2 Å². The Morgan fingerprint density at radius 2 is 1.91 bits per heavy atom. The summed E-state index contributed by atoms with van der Waals surface area (Å²) >= 11 is 0.995. The fourth-order valence-corrected chi connectivity index (χ4v) is 6.02. The Bertz CT molecular complexity index is 1140. The number of aromatic nitrogens is 1. The number of aryl methyl sites for hydroxylation is 1. The van der Waals surface area contributed by atoms with Crippen molar-refractivity contribution in [1.29, 1.82) is 0 Å². The van der Waals surface area contributed by atoms with Crippen LogP contribution in [0.25, 0.3) is 0 Å². The van der Waals surface area contributed by atoms with Gasteiger partial charge in [-0.15, -0.1) is 0 Å². The molecule has 1 fully saturated rings. The molecule has 33 heavy (non-hydrogen) atoms. The third-order valence-electron chi connectivity index (χ3n) is 5.02. The molecule has 1 amide bonds. The van der Waals surface area contributed by atoms with E-state index in [4.69, 9.17) is 14.2 Å². The number of nitrogens with one attached hydrogen (secondary N) is 1. The van der Waals surface area contributed by atoms with E-state index in [0.29, 0.717) is 29.2 Å². The maximum atomic E-state index is 13.3. The average Bonchev–Trinajstić information content (AvgIpc) is 3.40. The molecule has 1 N–H and O–H groups in total. The van der Waals surface area contributed by atoms with Crippen LogP contribution in [0.1, 0.15) is 42.1 Å². The van der Waals surface area contributed by atoms with Crippen LogP contribution in [-0.4, -0.2) is 62.5 Å². The molecule has 1 aromatic carbocycles. The summed E-state index contributed by atoms with van der Waals surface area (Å²) in [4.78, 5) is 29.7. The van der Waals surface area contributed by atoms with E-state index in [0.717, 1.165) is 11.3 Å². The first-order chi connectivity index (χ1) is 15.6. The van der Waals surface area contributed by atoms with Gasteiger partial charge >= 0.3 is 5.97 Å². The fourth-order valence-electron chi connectivity index (χ4n) is 3.50. The number of methoxy groups -OCH3 is 2. The zero-order chi connectivity index (χ0) is 24.3. The highest BCUT2D eigenvalue weighted by molar-refractivity contribution is 7.89. The quantitative estimate of drug-likeness (QED) is 0.552. The second-order valence-electron chi connectivity index (χ2n) is 7.67. The van der Waals surface area contributed by atoms with Gasteiger partial charge in [0.1, 0.15) is 10.9 Å². The number of amides is 1. The van der Waals surface area contributed by atoms with Gasteiger partial charge in [0.25, 0.3) is 0 Å². The molecule has 3 rings (SSSR count). The minimum absolute atomic E-state index is 0.00339. The standard InChI is InChI=1S/C21H27N3O7S2/c1-12(2)31-20(26)18-13(3)22-21(32-18)23-19(25)15-7-6-10-24(15)33(27,28)14-8-9-16(29-4)17(11-14)30-5/h8-9,11-12,15H,6-7,10H2,1-5H3,(H,22,23,25). The van der Waals surface area contributed by atoms with E-state index in [-0.39, 0.29) is 28.4 Å². The van der Waals surface area contributed by atoms with Crippen LogP contribution in [-0.2, 0) is 19.6 Å². The molecular formula is C21H27N3O7S2. The smallest absolute Gasteiger partial charge is 0.350 e. The molecule has 12 heteroatoms. The maximum absolute atomic E-state index is 13.3. The zero-order valence-corrected chi connectivity index (χ0v) is 20.7. The molecule has 1 aromatic heterocycles. The van der Waals surface area contributed by atoms with Gasteiger partial charge in [0, 0.05) is 12.6 Å². The number of thiazole rings is 1. The Labute approximate surface area is 196 Å². The summed E-state index contributed by atoms with van der Waals surface area (Å²) in [6.45, 7) is 5.33. The monoisotopic (exact) mass is 497 g/mol. The van der Waals surface area contributed by atoms with Crippen molar-refractivity contribution >= 4 is 38.4 Å². The van der Waals surface area contributed by atoms with Gasteiger partial charge in [-0.2, -0.15) is 4.31 Å². The highest BCUT2D eigenvalue weighted by atomic mass is 32.2. The van der Waals surface area contributed by atoms with Crippen LogP contribution in [0.15, 0.2) is 23.1 Å². The Balaban J connectivity index is 1.80. The highest BCUT2D eigenvalue weighted by Crippen LogP contribution is 2.33. The summed E-state index contributed by atoms with van der Waals surface area (Å²) < 4.78 is 43.3. The molecule has 1 unspecified atom stereocenters. The molecule has 1 atom stereocenters. The molecule has 0 aliphatic carbocycles. The Morgan fingerprint density at radius 3 is 2.55 bits per heavy atom. The zero-order valence-electron chi connectivity index (χ0n) is 19.1. The second-order valence-corrected chi connectivity index (χ2v) is 10.6. The predicted molar refractivity (Wildman–Crippen MR) is 122 cm³/mol. The summed E-state index contributed by atoms with van der Waals surface area (Å²) in [5, 5.41) is 2.87. The van der Waals surface area contributed by atoms with Crippen LogP contribution in [0.3, 0.4) is 0 Å². The van der Waals surface area contributed by atoms with Crippen molar-refractivity contribution < 1.29 is 32.2 Å². The molecule has 180 valence electrons. The van der Waals surface area contributed by atoms with Gasteiger partial charge in [-0.05, 0) is 45.7 Å². The van der Waals surface area contributed by atoms with Crippen molar-refractivity contribution in [3.8, 4) is 11.5 Å². The van der Waals surface area contributed by atoms with E-state index in [1.807, 2.05) is 0 Å². The normalized spacial score (nSPS) is 16.6. The number of carbonyl (C=O) groups excluding carboxylic acids is 2. The van der Waals surface area contributed by atoms with Crippen LogP contribution in [0.2, 0.25) is 0 Å². The summed E-state index contributed by atoms with van der Waals surface area (Å²) in [6.07, 6.45) is 0.615. The van der Waals surface area contributed by atoms with E-state index < -0.39 is 27.9 Å². The number of benzene rings is 1. The lowest BCUT2D eigenvalue weighted by molar-refractivity contribution is -0.119. The first-order valence-corrected chi connectivity index (χ1v) is 12.6. The number of hydrogen-bond donors (Lipinski definition) is 1. The summed E-state index contributed by atoms with van der Waals surface area (Å²) in [5.74, 6) is -0.343. The van der Waals surface area contributed by atoms with Gasteiger partial charge in [-0.3, -0.25) is 4.79 Å². The number of nitrogens with zero attached hydrogens (tertiary/aromatic N) is 2. The minimum Gasteiger partial charge on any atom is -0.493 e. The molecule has 1 aliphatic heterocycles. The SMILES string of the molecule is COc1ccc(S(=O)(=O)N2CCCC2C(=O)Nc2nc(C)c(C(=O)OC(C)C)s2)cc1OC. The number of sulfonamides is 1. The molecule has 10 nitrogen and oxygen atoms in total. The molecule has 0 spiro atoms. The third kappa shape index (κ3) is 5.28. The largest absolute Gasteiger partial charge is 0.493 e. The van der Waals surface area contributed by atoms with Crippen LogP contribution < -0.4 is 14.8 Å². The number of carbonyl (C=O) groups is 2. The van der Waals surface area contributed by atoms with E-state index in [2.05, 4.69) is 10.3 Å². The summed E-state index contributed by atoms with van der Waals surface area (Å²) in [7, 11) is -1.09. The lowest BCUT2D eigenvalue weighted by atomic mass is 10.2. The van der Waals surface area contributed by atoms with Crippen molar-refractivity contribution in [2.75, 3.05) is 26.1 Å². The highest BCUT2D eigenvalue weighted by Gasteiger charge is 2.40. The second kappa shape index (κ2) is 10.1. The van der Waals surface area contributed by atoms with E-state index >= 15 is 0 Å². The molecular weight excluding hydrogens is 470 g/mol. The van der Waals surface area contributed by atoms with Gasteiger partial charge in [-0.1, -0.05) is 11.3 Å². The number of rotatable bonds is 8. The molecule has 0 radical (unpaired) electrons. The number of ether oxygens (including phenoxy) is 3. The maximum Gasteiger partial charge on any atom is 0.350 e. The van der Waals surface area contributed by atoms with Gasteiger partial charge < -0.3 is 19.5 Å². The van der Waals surface area contributed by atoms with Crippen LogP contribution in [0, 0.1) is 6.92 Å². The molecule has 0 saturated carbocycles. The first-order valence-electron chi connectivity index (χ1n) is 10.3. The van der Waals surface area contributed by atoms with E-state index in [1.165, 1.54) is 36.7 Å². The van der Waals surface area contributed by atoms with Gasteiger partial charge in [0.05, 0.1) is 30.9 Å². The summed E-state index contributed by atoms with van der Waals surface area (Å²) in [5.41, 5.74) is 0.433. The van der Waals surface area contributed by atoms with Crippen molar-refractivity contribution in [2.24, 2.45) is 0 Å². The Morgan fingerprint density at radius 1 is 1.21 bits per heavy atom. The molecule has 1 saturated heterocycles. The van der Waals surface area contributed by atoms with Crippen molar-refractivity contribution in [3.05, 3.63) is 28.8 Å². The number of hydrogen-bond acceptors (Lipinski definition) is 9. The first kappa shape index (κ1) is 24.9. The van der Waals surface area contributed by atoms with Gasteiger partial charge in [0.15, 0.2) is 16.6 Å². The fraction of sp³-hybridized carbons (Fsp3) is 0.476. The topological polar surface area (TPSA) is 124 Å². The lowest BCUT2D eigenvalue weighted by Gasteiger charge is -2.23. The average molecular weight is 498 g/mol. The predicted octanol–water partition coefficient (Wildman–Crippen LogP) is 2.83. The van der Waals surface area contributed by atoms with E-state index in [9.17, 15) is 18.0 Å². The lowest BCUT2D eigenvalue weighted by Crippen LogP contribution is -2.43. The Kier molecular flexibility index (Phi) is 7.60. The number of anilines is 1. The minimum atomic E-state index is -3.97. The van der Waals surface area contributed by atoms with Crippen molar-refractivity contribution in [2.45, 2.75) is 50.7 Å². The molecule has 2 heterocycles. The third-order valence-corrected chi connectivity index (χ3v) is 7.98. The van der Waals surface area contributed by atoms with Crippen LogP contribution >= 0.6 is 11.3 Å². The molecule has 0 bridgehead atoms. The molecule has 1 aliphatic rings. The summed E-state index contributed by atoms with van der Waals surface area (Å²) in [6, 6.07) is 3.39. The van der Waals surface area contributed by atoms with Gasteiger partial charge in [0.2, 0.25) is 15.9 Å². The van der Waals surface area contributed by atoms with Crippen molar-refractivity contribution in [3.63, 3.8) is 0 Å². The number of esters is 1. The van der Waals surface area contributed by atoms with Crippen LogP contribution in [0.5, 0.6) is 11.5 Å². The van der Waals surface area contributed by atoms with Crippen molar-refractivity contribution in [1.82, 2.24) is 9.29 Å². The molecule has 2 aromatic rings. The Hall–Kier alpha value is -2.70.